The van der Waals surface area contributed by atoms with Crippen LogP contribution in [0, 0.1) is 20.8 Å². The lowest BCUT2D eigenvalue weighted by Gasteiger charge is -2.27. The van der Waals surface area contributed by atoms with Crippen LogP contribution in [0.15, 0.2) is 72.8 Å². The number of rotatable bonds is 4. The molecule has 0 fully saturated rings. The van der Waals surface area contributed by atoms with Gasteiger partial charge in [-0.25, -0.2) is 0 Å². The van der Waals surface area contributed by atoms with Crippen molar-refractivity contribution in [3.8, 4) is 5.75 Å². The van der Waals surface area contributed by atoms with Crippen LogP contribution >= 0.6 is 0 Å². The van der Waals surface area contributed by atoms with E-state index in [-0.39, 0.29) is 0 Å². The second-order valence-electron chi connectivity index (χ2n) is 6.29. The van der Waals surface area contributed by atoms with Crippen LogP contribution in [-0.4, -0.2) is 13.4 Å². The summed E-state index contributed by atoms with van der Waals surface area (Å²) >= 11 is 0. The second-order valence-corrected chi connectivity index (χ2v) is 8.94. The molecule has 3 rings (SSSR count). The van der Waals surface area contributed by atoms with E-state index in [2.05, 4.69) is 0 Å². The molecule has 3 heteroatoms. The van der Waals surface area contributed by atoms with Gasteiger partial charge in [-0.3, -0.25) is 0 Å². The van der Waals surface area contributed by atoms with Gasteiger partial charge in [0.2, 0.25) is 0 Å². The molecule has 0 unspecified atom stereocenters. The summed E-state index contributed by atoms with van der Waals surface area (Å²) in [4.78, 5) is 11.6. The van der Waals surface area contributed by atoms with Gasteiger partial charge in [-0.1, -0.05) is 77.4 Å². The Hall–Kier alpha value is -2.36. The highest BCUT2D eigenvalue weighted by Crippen LogP contribution is 2.16. The maximum atomic E-state index is 11.6. The van der Waals surface area contributed by atoms with Gasteiger partial charge in [-0.05, 0) is 32.9 Å². The average molecular weight is 334 g/mol. The van der Waals surface area contributed by atoms with E-state index in [1.165, 1.54) is 5.56 Å². The third-order valence-corrected chi connectivity index (χ3v) is 6.94. The molecule has 0 amide bonds. The van der Waals surface area contributed by atoms with Gasteiger partial charge in [0.05, 0.1) is 0 Å². The first-order valence-electron chi connectivity index (χ1n) is 8.10. The molecule has 0 aliphatic carbocycles. The lowest BCUT2D eigenvalue weighted by Crippen LogP contribution is -2.63. The molecule has 0 aliphatic heterocycles. The number of benzene rings is 3. The monoisotopic (exact) mass is 334 g/mol. The first kappa shape index (κ1) is 16.5. The van der Waals surface area contributed by atoms with E-state index >= 15 is 0 Å². The zero-order valence-corrected chi connectivity index (χ0v) is 15.3. The normalized spacial score (nSPS) is 11.3. The molecule has 0 aliphatic rings. The van der Waals surface area contributed by atoms with Crippen LogP contribution in [0.4, 0.5) is 0 Å². The first-order chi connectivity index (χ1) is 11.5. The standard InChI is InChI=1S/C21H22O2Si/c1-16-4-10-19(11-5-16)23-24(22,20-12-6-17(2)7-13-20)21-14-8-18(3)9-15-21/h4-15,22H,1-3H3. The third-order valence-electron chi connectivity index (χ3n) is 4.17. The predicted octanol–water partition coefficient (Wildman–Crippen LogP) is 3.24. The van der Waals surface area contributed by atoms with E-state index in [0.717, 1.165) is 21.5 Å². The summed E-state index contributed by atoms with van der Waals surface area (Å²) in [7, 11) is -3.31. The van der Waals surface area contributed by atoms with Gasteiger partial charge < -0.3 is 9.22 Å². The summed E-state index contributed by atoms with van der Waals surface area (Å²) in [6, 6.07) is 23.7. The van der Waals surface area contributed by atoms with Crippen LogP contribution in [0.3, 0.4) is 0 Å². The van der Waals surface area contributed by atoms with Gasteiger partial charge in [-0.2, -0.15) is 0 Å². The molecular formula is C21H22O2Si. The van der Waals surface area contributed by atoms with Crippen LogP contribution < -0.4 is 14.8 Å². The van der Waals surface area contributed by atoms with Crippen molar-refractivity contribution < 1.29 is 9.22 Å². The molecule has 0 radical (unpaired) electrons. The predicted molar refractivity (Wildman–Crippen MR) is 101 cm³/mol. The van der Waals surface area contributed by atoms with Crippen molar-refractivity contribution in [1.29, 1.82) is 0 Å². The maximum absolute atomic E-state index is 11.6. The zero-order chi connectivity index (χ0) is 17.2. The van der Waals surface area contributed by atoms with Gasteiger partial charge in [0.1, 0.15) is 5.75 Å². The molecule has 3 aromatic carbocycles. The van der Waals surface area contributed by atoms with E-state index in [0.29, 0.717) is 5.75 Å². The molecule has 122 valence electrons. The van der Waals surface area contributed by atoms with Crippen LogP contribution in [0.1, 0.15) is 16.7 Å². The Kier molecular flexibility index (Phi) is 4.56. The number of hydrogen-bond donors (Lipinski definition) is 1. The van der Waals surface area contributed by atoms with E-state index in [1.54, 1.807) is 0 Å². The molecular weight excluding hydrogens is 312 g/mol. The Morgan fingerprint density at radius 3 is 1.29 bits per heavy atom. The Balaban J connectivity index is 2.07. The quantitative estimate of drug-likeness (QED) is 0.742. The molecule has 0 bridgehead atoms. The zero-order valence-electron chi connectivity index (χ0n) is 14.3. The van der Waals surface area contributed by atoms with Crippen molar-refractivity contribution in [2.75, 3.05) is 0 Å². The highest BCUT2D eigenvalue weighted by Gasteiger charge is 2.41. The SMILES string of the molecule is Cc1ccc(O[Si](O)(c2ccc(C)cc2)c2ccc(C)cc2)cc1. The number of hydrogen-bond acceptors (Lipinski definition) is 2. The molecule has 0 saturated heterocycles. The maximum Gasteiger partial charge on any atom is 0.465 e. The van der Waals surface area contributed by atoms with Crippen molar-refractivity contribution in [2.45, 2.75) is 20.8 Å². The molecule has 0 atom stereocenters. The summed E-state index contributed by atoms with van der Waals surface area (Å²) in [6.07, 6.45) is 0. The molecule has 0 spiro atoms. The number of aryl methyl sites for hydroxylation is 3. The van der Waals surface area contributed by atoms with Crippen LogP contribution in [0.2, 0.25) is 0 Å². The fraction of sp³-hybridized carbons (Fsp3) is 0.143. The fourth-order valence-corrected chi connectivity index (χ4v) is 4.90. The van der Waals surface area contributed by atoms with Gasteiger partial charge in [0.25, 0.3) is 0 Å². The van der Waals surface area contributed by atoms with Crippen molar-refractivity contribution in [3.05, 3.63) is 89.5 Å². The highest BCUT2D eigenvalue weighted by atomic mass is 28.4. The Labute approximate surface area is 144 Å². The van der Waals surface area contributed by atoms with Crippen LogP contribution in [0.25, 0.3) is 0 Å². The minimum atomic E-state index is -3.31. The van der Waals surface area contributed by atoms with Crippen LogP contribution in [-0.2, 0) is 0 Å². The summed E-state index contributed by atoms with van der Waals surface area (Å²) in [5, 5.41) is 1.69. The van der Waals surface area contributed by atoms with Crippen molar-refractivity contribution in [2.24, 2.45) is 0 Å². The van der Waals surface area contributed by atoms with E-state index in [1.807, 2.05) is 93.6 Å². The molecule has 0 heterocycles. The van der Waals surface area contributed by atoms with Crippen molar-refractivity contribution >= 4 is 18.9 Å². The lowest BCUT2D eigenvalue weighted by atomic mass is 10.2. The Bertz CT molecular complexity index is 760. The fourth-order valence-electron chi connectivity index (χ4n) is 2.62. The topological polar surface area (TPSA) is 29.5 Å². The molecule has 0 saturated carbocycles. The molecule has 3 aromatic rings. The molecule has 24 heavy (non-hydrogen) atoms. The minimum Gasteiger partial charge on any atom is -0.514 e. The highest BCUT2D eigenvalue weighted by molar-refractivity contribution is 6.92. The van der Waals surface area contributed by atoms with Crippen molar-refractivity contribution in [3.63, 3.8) is 0 Å². The van der Waals surface area contributed by atoms with Gasteiger partial charge in [0.15, 0.2) is 0 Å². The summed E-state index contributed by atoms with van der Waals surface area (Å²) < 4.78 is 6.20. The third kappa shape index (κ3) is 3.42. The molecule has 2 nitrogen and oxygen atoms in total. The van der Waals surface area contributed by atoms with Gasteiger partial charge in [-0.15, -0.1) is 0 Å². The first-order valence-corrected chi connectivity index (χ1v) is 9.95. The van der Waals surface area contributed by atoms with E-state index < -0.39 is 8.56 Å². The lowest BCUT2D eigenvalue weighted by molar-refractivity contribution is 0.409. The van der Waals surface area contributed by atoms with E-state index in [9.17, 15) is 4.80 Å². The van der Waals surface area contributed by atoms with Gasteiger partial charge in [0, 0.05) is 10.4 Å². The smallest absolute Gasteiger partial charge is 0.465 e. The Morgan fingerprint density at radius 1 is 0.583 bits per heavy atom. The largest absolute Gasteiger partial charge is 0.514 e. The summed E-state index contributed by atoms with van der Waals surface area (Å²) in [5.41, 5.74) is 3.49. The second kappa shape index (κ2) is 6.63. The van der Waals surface area contributed by atoms with E-state index in [4.69, 9.17) is 4.43 Å². The van der Waals surface area contributed by atoms with Crippen LogP contribution in [0.5, 0.6) is 5.75 Å². The Morgan fingerprint density at radius 2 is 0.917 bits per heavy atom. The summed E-state index contributed by atoms with van der Waals surface area (Å²) in [6.45, 7) is 6.11. The van der Waals surface area contributed by atoms with Crippen molar-refractivity contribution in [1.82, 2.24) is 0 Å². The minimum absolute atomic E-state index is 0.691. The average Bonchev–Trinajstić information content (AvgIpc) is 2.58. The molecule has 0 aromatic heterocycles. The van der Waals surface area contributed by atoms with Gasteiger partial charge >= 0.3 is 8.56 Å². The molecule has 1 N–H and O–H groups in total. The summed E-state index contributed by atoms with van der Waals surface area (Å²) in [5.74, 6) is 0.691.